The molecule has 1 aromatic carbocycles. The number of hydrogen-bond donors (Lipinski definition) is 2. The third-order valence-electron chi connectivity index (χ3n) is 4.58. The first kappa shape index (κ1) is 16.3. The van der Waals surface area contributed by atoms with Crippen molar-refractivity contribution >= 4 is 5.69 Å². The number of anilines is 1. The van der Waals surface area contributed by atoms with E-state index in [-0.39, 0.29) is 6.61 Å². The molecule has 1 fully saturated rings. The molecule has 0 spiro atoms. The summed E-state index contributed by atoms with van der Waals surface area (Å²) < 4.78 is 0. The van der Waals surface area contributed by atoms with Crippen molar-refractivity contribution < 1.29 is 5.11 Å². The SMILES string of the molecule is CCNC(C)c1ccccc1N(CCO)C1CCCCC1. The van der Waals surface area contributed by atoms with Gasteiger partial charge in [0.25, 0.3) is 0 Å². The van der Waals surface area contributed by atoms with Crippen LogP contribution in [0.2, 0.25) is 0 Å². The quantitative estimate of drug-likeness (QED) is 0.807. The van der Waals surface area contributed by atoms with E-state index >= 15 is 0 Å². The normalized spacial score (nSPS) is 17.7. The monoisotopic (exact) mass is 290 g/mol. The van der Waals surface area contributed by atoms with Crippen LogP contribution in [0.4, 0.5) is 5.69 Å². The average Bonchev–Trinajstić information content (AvgIpc) is 2.54. The number of nitrogens with zero attached hydrogens (tertiary/aromatic N) is 1. The molecule has 0 heterocycles. The molecule has 0 amide bonds. The number of nitrogens with one attached hydrogen (secondary N) is 1. The lowest BCUT2D eigenvalue weighted by atomic mass is 9.92. The zero-order chi connectivity index (χ0) is 15.1. The fourth-order valence-corrected chi connectivity index (χ4v) is 3.53. The Morgan fingerprint density at radius 2 is 1.95 bits per heavy atom. The van der Waals surface area contributed by atoms with E-state index < -0.39 is 0 Å². The van der Waals surface area contributed by atoms with Crippen LogP contribution < -0.4 is 10.2 Å². The van der Waals surface area contributed by atoms with E-state index in [1.807, 2.05) is 0 Å². The summed E-state index contributed by atoms with van der Waals surface area (Å²) in [4.78, 5) is 2.45. The molecule has 0 bridgehead atoms. The molecule has 1 aromatic rings. The van der Waals surface area contributed by atoms with Crippen LogP contribution in [0.1, 0.15) is 57.6 Å². The lowest BCUT2D eigenvalue weighted by Gasteiger charge is -2.37. The van der Waals surface area contributed by atoms with Crippen LogP contribution >= 0.6 is 0 Å². The third kappa shape index (κ3) is 4.21. The summed E-state index contributed by atoms with van der Waals surface area (Å²) in [5, 5.41) is 13.0. The van der Waals surface area contributed by atoms with Gasteiger partial charge in [0.1, 0.15) is 0 Å². The molecule has 2 N–H and O–H groups in total. The largest absolute Gasteiger partial charge is 0.395 e. The molecule has 0 aromatic heterocycles. The van der Waals surface area contributed by atoms with Gasteiger partial charge in [-0.3, -0.25) is 0 Å². The van der Waals surface area contributed by atoms with Gasteiger partial charge in [-0.15, -0.1) is 0 Å². The lowest BCUT2D eigenvalue weighted by Crippen LogP contribution is -2.40. The summed E-state index contributed by atoms with van der Waals surface area (Å²) >= 11 is 0. The Hall–Kier alpha value is -1.06. The maximum absolute atomic E-state index is 9.50. The molecular weight excluding hydrogens is 260 g/mol. The molecule has 1 atom stereocenters. The molecule has 2 rings (SSSR count). The highest BCUT2D eigenvalue weighted by atomic mass is 16.3. The van der Waals surface area contributed by atoms with Gasteiger partial charge in [0.2, 0.25) is 0 Å². The molecule has 3 heteroatoms. The van der Waals surface area contributed by atoms with Crippen molar-refractivity contribution in [3.63, 3.8) is 0 Å². The molecule has 118 valence electrons. The Bertz CT molecular complexity index is 415. The van der Waals surface area contributed by atoms with Gasteiger partial charge in [-0.05, 0) is 37.9 Å². The van der Waals surface area contributed by atoms with E-state index in [1.165, 1.54) is 43.4 Å². The number of aliphatic hydroxyl groups is 1. The van der Waals surface area contributed by atoms with Crippen LogP contribution in [-0.4, -0.2) is 30.8 Å². The van der Waals surface area contributed by atoms with Gasteiger partial charge < -0.3 is 15.3 Å². The highest BCUT2D eigenvalue weighted by Crippen LogP contribution is 2.32. The summed E-state index contributed by atoms with van der Waals surface area (Å²) in [5.74, 6) is 0. The van der Waals surface area contributed by atoms with Crippen molar-refractivity contribution in [1.82, 2.24) is 5.32 Å². The van der Waals surface area contributed by atoms with E-state index in [1.54, 1.807) is 0 Å². The number of benzene rings is 1. The van der Waals surface area contributed by atoms with Crippen molar-refractivity contribution in [2.75, 3.05) is 24.6 Å². The maximum atomic E-state index is 9.50. The first-order valence-electron chi connectivity index (χ1n) is 8.47. The smallest absolute Gasteiger partial charge is 0.0606 e. The number of rotatable bonds is 7. The van der Waals surface area contributed by atoms with E-state index in [2.05, 4.69) is 48.3 Å². The van der Waals surface area contributed by atoms with Crippen molar-refractivity contribution in [3.8, 4) is 0 Å². The van der Waals surface area contributed by atoms with E-state index in [0.29, 0.717) is 12.1 Å². The maximum Gasteiger partial charge on any atom is 0.0606 e. The van der Waals surface area contributed by atoms with Gasteiger partial charge in [-0.1, -0.05) is 44.4 Å². The molecule has 1 aliphatic rings. The molecular formula is C18H30N2O. The molecule has 0 aliphatic heterocycles. The van der Waals surface area contributed by atoms with Crippen LogP contribution in [0.25, 0.3) is 0 Å². The second kappa shape index (κ2) is 8.40. The highest BCUT2D eigenvalue weighted by molar-refractivity contribution is 5.56. The van der Waals surface area contributed by atoms with Crippen LogP contribution in [0.3, 0.4) is 0 Å². The molecule has 3 nitrogen and oxygen atoms in total. The van der Waals surface area contributed by atoms with Crippen LogP contribution in [0.15, 0.2) is 24.3 Å². The predicted molar refractivity (Wildman–Crippen MR) is 89.8 cm³/mol. The fraction of sp³-hybridized carbons (Fsp3) is 0.667. The summed E-state index contributed by atoms with van der Waals surface area (Å²) in [7, 11) is 0. The Labute approximate surface area is 129 Å². The van der Waals surface area contributed by atoms with Gasteiger partial charge in [-0.2, -0.15) is 0 Å². The van der Waals surface area contributed by atoms with Crippen molar-refractivity contribution in [1.29, 1.82) is 0 Å². The number of para-hydroxylation sites is 1. The topological polar surface area (TPSA) is 35.5 Å². The van der Waals surface area contributed by atoms with Gasteiger partial charge in [0, 0.05) is 24.3 Å². The molecule has 1 aliphatic carbocycles. The van der Waals surface area contributed by atoms with Crippen LogP contribution in [-0.2, 0) is 0 Å². The summed E-state index contributed by atoms with van der Waals surface area (Å²) in [6.07, 6.45) is 6.50. The fourth-order valence-electron chi connectivity index (χ4n) is 3.53. The second-order valence-electron chi connectivity index (χ2n) is 6.05. The minimum atomic E-state index is 0.223. The molecule has 1 saturated carbocycles. The zero-order valence-corrected chi connectivity index (χ0v) is 13.5. The van der Waals surface area contributed by atoms with E-state index in [0.717, 1.165) is 13.1 Å². The first-order valence-corrected chi connectivity index (χ1v) is 8.47. The Balaban J connectivity index is 2.26. The van der Waals surface area contributed by atoms with Gasteiger partial charge in [0.05, 0.1) is 6.61 Å². The van der Waals surface area contributed by atoms with Gasteiger partial charge in [-0.25, -0.2) is 0 Å². The predicted octanol–water partition coefficient (Wildman–Crippen LogP) is 3.49. The van der Waals surface area contributed by atoms with Gasteiger partial charge in [0.15, 0.2) is 0 Å². The second-order valence-corrected chi connectivity index (χ2v) is 6.05. The van der Waals surface area contributed by atoms with Crippen molar-refractivity contribution in [2.45, 2.75) is 58.0 Å². The Morgan fingerprint density at radius 1 is 1.24 bits per heavy atom. The van der Waals surface area contributed by atoms with Crippen molar-refractivity contribution in [3.05, 3.63) is 29.8 Å². The Kier molecular flexibility index (Phi) is 6.52. The minimum absolute atomic E-state index is 0.223. The van der Waals surface area contributed by atoms with E-state index in [9.17, 15) is 5.11 Å². The summed E-state index contributed by atoms with van der Waals surface area (Å²) in [6, 6.07) is 9.59. The number of hydrogen-bond acceptors (Lipinski definition) is 3. The van der Waals surface area contributed by atoms with Crippen LogP contribution in [0.5, 0.6) is 0 Å². The average molecular weight is 290 g/mol. The lowest BCUT2D eigenvalue weighted by molar-refractivity contribution is 0.289. The molecule has 0 radical (unpaired) electrons. The Morgan fingerprint density at radius 3 is 2.62 bits per heavy atom. The summed E-state index contributed by atoms with van der Waals surface area (Å²) in [6.45, 7) is 6.30. The minimum Gasteiger partial charge on any atom is -0.395 e. The molecule has 1 unspecified atom stereocenters. The zero-order valence-electron chi connectivity index (χ0n) is 13.5. The molecule has 21 heavy (non-hydrogen) atoms. The summed E-state index contributed by atoms with van der Waals surface area (Å²) in [5.41, 5.74) is 2.64. The van der Waals surface area contributed by atoms with Gasteiger partial charge >= 0.3 is 0 Å². The molecule has 0 saturated heterocycles. The standard InChI is InChI=1S/C18H30N2O/c1-3-19-15(2)17-11-7-8-12-18(17)20(13-14-21)16-9-5-4-6-10-16/h7-8,11-12,15-16,19,21H,3-6,9-10,13-14H2,1-2H3. The highest BCUT2D eigenvalue weighted by Gasteiger charge is 2.23. The van der Waals surface area contributed by atoms with Crippen molar-refractivity contribution in [2.24, 2.45) is 0 Å². The number of aliphatic hydroxyl groups excluding tert-OH is 1. The third-order valence-corrected chi connectivity index (χ3v) is 4.58. The van der Waals surface area contributed by atoms with E-state index in [4.69, 9.17) is 0 Å². The van der Waals surface area contributed by atoms with Crippen LogP contribution in [0, 0.1) is 0 Å². The first-order chi connectivity index (χ1) is 10.3.